The predicted molar refractivity (Wildman–Crippen MR) is 174 cm³/mol. The van der Waals surface area contributed by atoms with Crippen molar-refractivity contribution < 1.29 is 24.2 Å². The van der Waals surface area contributed by atoms with Crippen molar-refractivity contribution in [2.75, 3.05) is 57.8 Å². The van der Waals surface area contributed by atoms with Crippen LogP contribution in [0.3, 0.4) is 0 Å². The molecule has 3 saturated heterocycles. The van der Waals surface area contributed by atoms with Crippen LogP contribution in [0.5, 0.6) is 5.75 Å². The van der Waals surface area contributed by atoms with Crippen LogP contribution in [0.1, 0.15) is 60.4 Å². The molecular weight excluding hydrogens is 584 g/mol. The van der Waals surface area contributed by atoms with Crippen molar-refractivity contribution >= 4 is 23.7 Å². The van der Waals surface area contributed by atoms with Crippen molar-refractivity contribution in [1.29, 1.82) is 0 Å². The van der Waals surface area contributed by atoms with Gasteiger partial charge in [-0.25, -0.2) is 9.59 Å². The molecule has 5 heterocycles. The maximum atomic E-state index is 14.2. The number of likely N-dealkylation sites (tertiary alicyclic amines) is 1. The van der Waals surface area contributed by atoms with E-state index in [-0.39, 0.29) is 30.1 Å². The first-order valence-corrected chi connectivity index (χ1v) is 17.0. The lowest BCUT2D eigenvalue weighted by Gasteiger charge is -2.40. The highest BCUT2D eigenvalue weighted by Gasteiger charge is 2.39. The number of benzene rings is 2. The number of phenols is 1. The third-order valence-electron chi connectivity index (χ3n) is 10.7. The molecule has 0 aromatic heterocycles. The predicted octanol–water partition coefficient (Wildman–Crippen LogP) is 3.64. The maximum Gasteiger partial charge on any atom is 0.322 e. The van der Waals surface area contributed by atoms with E-state index in [9.17, 15) is 19.5 Å². The zero-order valence-electron chi connectivity index (χ0n) is 26.7. The number of para-hydroxylation sites is 1. The number of fused-ring (bicyclic) bond motifs is 6. The fourth-order valence-corrected chi connectivity index (χ4v) is 8.21. The van der Waals surface area contributed by atoms with Crippen LogP contribution >= 0.6 is 0 Å². The Kier molecular flexibility index (Phi) is 8.78. The van der Waals surface area contributed by atoms with E-state index in [4.69, 9.17) is 4.74 Å². The monoisotopic (exact) mass is 630 g/mol. The Balaban J connectivity index is 1.04. The zero-order chi connectivity index (χ0) is 31.8. The molecule has 3 fully saturated rings. The van der Waals surface area contributed by atoms with Crippen LogP contribution in [-0.2, 0) is 22.4 Å². The van der Waals surface area contributed by atoms with Crippen LogP contribution in [0.25, 0.3) is 0 Å². The lowest BCUT2D eigenvalue weighted by Crippen LogP contribution is -2.56. The molecule has 0 spiro atoms. The summed E-state index contributed by atoms with van der Waals surface area (Å²) in [6.07, 6.45) is 5.25. The van der Waals surface area contributed by atoms with Crippen LogP contribution < -0.4 is 10.6 Å². The molecule has 7 rings (SSSR count). The second kappa shape index (κ2) is 13.1. The van der Waals surface area contributed by atoms with Gasteiger partial charge in [0.2, 0.25) is 5.91 Å². The number of ether oxygens (including phenoxy) is 1. The fraction of sp³-hybridized carbons (Fsp3) is 0.571. The number of carbonyl (C=O) groups is 3. The number of phenolic OH excluding ortho intramolecular Hbond substituents is 1. The van der Waals surface area contributed by atoms with Gasteiger partial charge in [-0.1, -0.05) is 30.3 Å². The molecule has 5 aliphatic rings. The normalized spacial score (nSPS) is 25.0. The zero-order valence-corrected chi connectivity index (χ0v) is 26.7. The summed E-state index contributed by atoms with van der Waals surface area (Å²) in [6.45, 7) is 6.98. The van der Waals surface area contributed by atoms with Crippen LogP contribution in [0.2, 0.25) is 0 Å². The first-order chi connectivity index (χ1) is 22.4. The van der Waals surface area contributed by atoms with Crippen molar-refractivity contribution in [3.05, 3.63) is 58.7 Å². The van der Waals surface area contributed by atoms with E-state index in [0.29, 0.717) is 63.8 Å². The van der Waals surface area contributed by atoms with E-state index in [2.05, 4.69) is 27.7 Å². The molecule has 1 unspecified atom stereocenters. The van der Waals surface area contributed by atoms with Gasteiger partial charge >= 0.3 is 12.1 Å². The molecule has 2 aromatic carbocycles. The van der Waals surface area contributed by atoms with Gasteiger partial charge in [0.15, 0.2) is 0 Å². The number of carbonyl (C=O) groups excluding carboxylic acids is 3. The molecule has 11 heteroatoms. The Morgan fingerprint density at radius 3 is 2.57 bits per heavy atom. The number of anilines is 1. The van der Waals surface area contributed by atoms with E-state index in [1.807, 2.05) is 41.0 Å². The molecule has 3 N–H and O–H groups in total. The van der Waals surface area contributed by atoms with Crippen LogP contribution in [-0.4, -0.2) is 113 Å². The molecule has 5 amide bonds. The van der Waals surface area contributed by atoms with E-state index in [1.54, 1.807) is 4.90 Å². The summed E-state index contributed by atoms with van der Waals surface area (Å²) in [7, 11) is 0. The second-order valence-corrected chi connectivity index (χ2v) is 13.5. The van der Waals surface area contributed by atoms with Crippen LogP contribution in [0.4, 0.5) is 15.3 Å². The molecule has 2 aromatic rings. The van der Waals surface area contributed by atoms with Gasteiger partial charge in [-0.2, -0.15) is 0 Å². The number of amides is 5. The minimum atomic E-state index is -0.703. The second-order valence-electron chi connectivity index (χ2n) is 13.5. The number of hydrogen-bond acceptors (Lipinski definition) is 6. The number of aromatic hydroxyl groups is 1. The molecule has 11 nitrogen and oxygen atoms in total. The van der Waals surface area contributed by atoms with E-state index < -0.39 is 6.04 Å². The Morgan fingerprint density at radius 1 is 0.978 bits per heavy atom. The first-order valence-electron chi connectivity index (χ1n) is 17.0. The lowest BCUT2D eigenvalue weighted by molar-refractivity contribution is -0.133. The first kappa shape index (κ1) is 30.8. The van der Waals surface area contributed by atoms with Gasteiger partial charge in [0.1, 0.15) is 11.8 Å². The van der Waals surface area contributed by atoms with Crippen molar-refractivity contribution in [2.45, 2.75) is 76.0 Å². The number of hydrogen-bond donors (Lipinski definition) is 3. The molecule has 0 saturated carbocycles. The smallest absolute Gasteiger partial charge is 0.322 e. The largest absolute Gasteiger partial charge is 0.507 e. The van der Waals surface area contributed by atoms with E-state index in [0.717, 1.165) is 73.4 Å². The summed E-state index contributed by atoms with van der Waals surface area (Å²) in [4.78, 5) is 49.0. The summed E-state index contributed by atoms with van der Waals surface area (Å²) in [5.74, 6) is 0.231. The molecule has 0 aliphatic carbocycles. The number of urea groups is 2. The van der Waals surface area contributed by atoms with Gasteiger partial charge in [0.05, 0.1) is 6.04 Å². The molecule has 246 valence electrons. The highest BCUT2D eigenvalue weighted by Crippen LogP contribution is 2.38. The summed E-state index contributed by atoms with van der Waals surface area (Å²) in [5.41, 5.74) is 4.61. The summed E-state index contributed by atoms with van der Waals surface area (Å²) >= 11 is 0. The number of piperidine rings is 1. The number of nitrogens with zero attached hydrogens (tertiary/aromatic N) is 4. The molecule has 2 atom stereocenters. The molecule has 0 radical (unpaired) electrons. The van der Waals surface area contributed by atoms with Crippen molar-refractivity contribution in [3.8, 4) is 5.75 Å². The molecular formula is C35H46N6O5. The van der Waals surface area contributed by atoms with E-state index >= 15 is 0 Å². The average Bonchev–Trinajstić information content (AvgIpc) is 3.38. The van der Waals surface area contributed by atoms with Gasteiger partial charge in [-0.3, -0.25) is 9.69 Å². The Bertz CT molecular complexity index is 1470. The van der Waals surface area contributed by atoms with Gasteiger partial charge < -0.3 is 35.2 Å². The highest BCUT2D eigenvalue weighted by molar-refractivity contribution is 5.91. The van der Waals surface area contributed by atoms with E-state index in [1.165, 1.54) is 0 Å². The standard InChI is InChI=1S/C35H46N6O5/c1-23-19-24-20-28(32(23)42)31-22-39(12-4-13-40(31)27-10-17-46-18-11-27)33(43)30(21-24)37-34(44)38-14-8-26(9-15-38)41-16-7-25-5-2-3-6-29(25)36-35(41)45/h2-3,5-6,19-20,26-27,30-31,42H,4,7-18,21-22H2,1H3,(H,36,45)(H,37,44)/t30-,31?/m1/s1. The maximum absolute atomic E-state index is 14.2. The van der Waals surface area contributed by atoms with Gasteiger partial charge in [-0.05, 0) is 68.2 Å². The third kappa shape index (κ3) is 6.14. The SMILES string of the molecule is Cc1cc2cc(c1O)C1CN(CCCN1C1CCOCC1)C(=O)[C@H](NC(=O)N1CCC(N3CCc4ccccc4NC3=O)CC1)C2. The Morgan fingerprint density at radius 2 is 1.76 bits per heavy atom. The van der Waals surface area contributed by atoms with Crippen molar-refractivity contribution in [1.82, 2.24) is 24.9 Å². The number of nitrogens with one attached hydrogen (secondary N) is 2. The van der Waals surface area contributed by atoms with Gasteiger partial charge in [0.25, 0.3) is 0 Å². The molecule has 5 aliphatic heterocycles. The minimum absolute atomic E-state index is 0.0518. The average molecular weight is 631 g/mol. The number of aryl methyl sites for hydroxylation is 1. The topological polar surface area (TPSA) is 118 Å². The fourth-order valence-electron chi connectivity index (χ4n) is 8.21. The summed E-state index contributed by atoms with van der Waals surface area (Å²) in [6, 6.07) is 11.2. The quantitative estimate of drug-likeness (QED) is 0.477. The Hall–Kier alpha value is -3.83. The summed E-state index contributed by atoms with van der Waals surface area (Å²) < 4.78 is 5.65. The van der Waals surface area contributed by atoms with Crippen LogP contribution in [0.15, 0.2) is 36.4 Å². The number of rotatable bonds is 3. The third-order valence-corrected chi connectivity index (χ3v) is 10.7. The van der Waals surface area contributed by atoms with Gasteiger partial charge in [0, 0.05) is 82.2 Å². The molecule has 4 bridgehead atoms. The highest BCUT2D eigenvalue weighted by atomic mass is 16.5. The Labute approximate surface area is 270 Å². The minimum Gasteiger partial charge on any atom is -0.507 e. The van der Waals surface area contributed by atoms with Gasteiger partial charge in [-0.15, -0.1) is 0 Å². The van der Waals surface area contributed by atoms with Crippen LogP contribution in [0, 0.1) is 6.92 Å². The van der Waals surface area contributed by atoms with Crippen molar-refractivity contribution in [2.24, 2.45) is 0 Å². The van der Waals surface area contributed by atoms with Crippen molar-refractivity contribution in [3.63, 3.8) is 0 Å². The lowest BCUT2D eigenvalue weighted by atomic mass is 9.94. The molecule has 46 heavy (non-hydrogen) atoms. The summed E-state index contributed by atoms with van der Waals surface area (Å²) in [5, 5.41) is 17.4.